The maximum Gasteiger partial charge on any atom is 0.261 e. The van der Waals surface area contributed by atoms with Crippen molar-refractivity contribution < 1.29 is 17.6 Å². The average Bonchev–Trinajstić information content (AvgIpc) is 3.13. The molecule has 1 amide bonds. The van der Waals surface area contributed by atoms with Crippen molar-refractivity contribution >= 4 is 38.9 Å². The van der Waals surface area contributed by atoms with Crippen LogP contribution < -0.4 is 9.62 Å². The fourth-order valence-electron chi connectivity index (χ4n) is 3.26. The number of halogens is 2. The van der Waals surface area contributed by atoms with Gasteiger partial charge in [-0.05, 0) is 60.5 Å². The third kappa shape index (κ3) is 3.83. The smallest absolute Gasteiger partial charge is 0.261 e. The number of nitrogens with one attached hydrogen (secondary N) is 1. The van der Waals surface area contributed by atoms with Crippen molar-refractivity contribution in [2.24, 2.45) is 0 Å². The highest BCUT2D eigenvalue weighted by atomic mass is 35.5. The molecule has 0 aliphatic carbocycles. The Kier molecular flexibility index (Phi) is 5.02. The van der Waals surface area contributed by atoms with Gasteiger partial charge in [0.2, 0.25) is 0 Å². The zero-order valence-electron chi connectivity index (χ0n) is 15.1. The maximum absolute atomic E-state index is 13.1. The fraction of sp³-hybridized carbons (Fsp3) is 0.0952. The lowest BCUT2D eigenvalue weighted by atomic mass is 10.1. The summed E-state index contributed by atoms with van der Waals surface area (Å²) in [7, 11) is -3.99. The Morgan fingerprint density at radius 2 is 1.76 bits per heavy atom. The Balaban J connectivity index is 1.63. The molecule has 0 aromatic heterocycles. The SMILES string of the molecule is O=C(c1ccc(Cl)c(NS(=O)(=O)c2ccc(F)cc2)c1)N1CCc2ccccc21. The molecule has 0 saturated carbocycles. The molecule has 3 aromatic carbocycles. The molecule has 1 aliphatic rings. The van der Waals surface area contributed by atoms with E-state index in [1.54, 1.807) is 11.0 Å². The van der Waals surface area contributed by atoms with Crippen LogP contribution >= 0.6 is 11.6 Å². The van der Waals surface area contributed by atoms with Crippen LogP contribution in [0.2, 0.25) is 5.02 Å². The van der Waals surface area contributed by atoms with Crippen molar-refractivity contribution in [1.82, 2.24) is 0 Å². The van der Waals surface area contributed by atoms with E-state index in [0.717, 1.165) is 41.9 Å². The number of fused-ring (bicyclic) bond motifs is 1. The minimum Gasteiger partial charge on any atom is -0.308 e. The van der Waals surface area contributed by atoms with E-state index in [4.69, 9.17) is 11.6 Å². The largest absolute Gasteiger partial charge is 0.308 e. The molecule has 148 valence electrons. The van der Waals surface area contributed by atoms with Crippen LogP contribution in [0.4, 0.5) is 15.8 Å². The summed E-state index contributed by atoms with van der Waals surface area (Å²) in [4.78, 5) is 14.6. The summed E-state index contributed by atoms with van der Waals surface area (Å²) in [6.45, 7) is 0.553. The number of rotatable bonds is 4. The highest BCUT2D eigenvalue weighted by molar-refractivity contribution is 7.92. The van der Waals surface area contributed by atoms with E-state index in [2.05, 4.69) is 4.72 Å². The van der Waals surface area contributed by atoms with E-state index in [9.17, 15) is 17.6 Å². The molecule has 0 saturated heterocycles. The molecular weight excluding hydrogens is 415 g/mol. The molecule has 4 rings (SSSR count). The number of sulfonamides is 1. The van der Waals surface area contributed by atoms with E-state index in [0.29, 0.717) is 12.1 Å². The first-order valence-electron chi connectivity index (χ1n) is 8.83. The van der Waals surface area contributed by atoms with Gasteiger partial charge in [0, 0.05) is 17.8 Å². The first-order valence-corrected chi connectivity index (χ1v) is 10.7. The van der Waals surface area contributed by atoms with Gasteiger partial charge in [-0.2, -0.15) is 0 Å². The number of nitrogens with zero attached hydrogens (tertiary/aromatic N) is 1. The van der Waals surface area contributed by atoms with Gasteiger partial charge in [-0.3, -0.25) is 9.52 Å². The van der Waals surface area contributed by atoms with Gasteiger partial charge in [0.05, 0.1) is 15.6 Å². The van der Waals surface area contributed by atoms with Gasteiger partial charge in [-0.25, -0.2) is 12.8 Å². The van der Waals surface area contributed by atoms with Crippen LogP contribution in [0.15, 0.2) is 71.6 Å². The van der Waals surface area contributed by atoms with Crippen molar-refractivity contribution in [2.75, 3.05) is 16.2 Å². The number of amides is 1. The van der Waals surface area contributed by atoms with Gasteiger partial charge < -0.3 is 4.90 Å². The monoisotopic (exact) mass is 430 g/mol. The molecule has 8 heteroatoms. The third-order valence-corrected chi connectivity index (χ3v) is 6.42. The van der Waals surface area contributed by atoms with Gasteiger partial charge >= 0.3 is 0 Å². The first-order chi connectivity index (χ1) is 13.8. The lowest BCUT2D eigenvalue weighted by Gasteiger charge is -2.18. The predicted molar refractivity (Wildman–Crippen MR) is 110 cm³/mol. The number of benzene rings is 3. The second kappa shape index (κ2) is 7.50. The second-order valence-corrected chi connectivity index (χ2v) is 8.68. The second-order valence-electron chi connectivity index (χ2n) is 6.59. The summed E-state index contributed by atoms with van der Waals surface area (Å²) in [5, 5.41) is 0.147. The van der Waals surface area contributed by atoms with Crippen LogP contribution in [0.3, 0.4) is 0 Å². The zero-order valence-corrected chi connectivity index (χ0v) is 16.7. The maximum atomic E-state index is 13.1. The number of carbonyl (C=O) groups is 1. The topological polar surface area (TPSA) is 66.5 Å². The van der Waals surface area contributed by atoms with Crippen molar-refractivity contribution in [1.29, 1.82) is 0 Å². The Labute approximate surface area is 172 Å². The summed E-state index contributed by atoms with van der Waals surface area (Å²) >= 11 is 6.15. The zero-order chi connectivity index (χ0) is 20.6. The van der Waals surface area contributed by atoms with Crippen LogP contribution in [0.25, 0.3) is 0 Å². The Hall–Kier alpha value is -2.90. The van der Waals surface area contributed by atoms with Gasteiger partial charge in [-0.1, -0.05) is 29.8 Å². The fourth-order valence-corrected chi connectivity index (χ4v) is 4.55. The van der Waals surface area contributed by atoms with Gasteiger partial charge in [-0.15, -0.1) is 0 Å². The average molecular weight is 431 g/mol. The van der Waals surface area contributed by atoms with Crippen LogP contribution in [-0.4, -0.2) is 20.9 Å². The van der Waals surface area contributed by atoms with Crippen LogP contribution in [0.5, 0.6) is 0 Å². The summed E-state index contributed by atoms with van der Waals surface area (Å²) in [6.07, 6.45) is 0.763. The molecule has 0 radical (unpaired) electrons. The van der Waals surface area contributed by atoms with Crippen LogP contribution in [-0.2, 0) is 16.4 Å². The van der Waals surface area contributed by atoms with E-state index < -0.39 is 15.8 Å². The minimum absolute atomic E-state index is 0.0781. The molecule has 1 aliphatic heterocycles. The summed E-state index contributed by atoms with van der Waals surface area (Å²) in [5.41, 5.74) is 2.32. The van der Waals surface area contributed by atoms with E-state index in [-0.39, 0.29) is 21.5 Å². The number of anilines is 2. The van der Waals surface area contributed by atoms with E-state index >= 15 is 0 Å². The van der Waals surface area contributed by atoms with Crippen molar-refractivity contribution in [3.63, 3.8) is 0 Å². The van der Waals surface area contributed by atoms with Crippen molar-refractivity contribution in [3.8, 4) is 0 Å². The minimum atomic E-state index is -3.99. The molecule has 5 nitrogen and oxygen atoms in total. The highest BCUT2D eigenvalue weighted by Gasteiger charge is 2.26. The molecule has 3 aromatic rings. The third-order valence-electron chi connectivity index (χ3n) is 4.71. The summed E-state index contributed by atoms with van der Waals surface area (Å²) in [6, 6.07) is 16.5. The number of para-hydroxylation sites is 1. The summed E-state index contributed by atoms with van der Waals surface area (Å²) < 4.78 is 40.6. The molecule has 1 N–H and O–H groups in total. The Bertz CT molecular complexity index is 1200. The van der Waals surface area contributed by atoms with Gasteiger partial charge in [0.1, 0.15) is 5.82 Å². The number of hydrogen-bond donors (Lipinski definition) is 1. The highest BCUT2D eigenvalue weighted by Crippen LogP contribution is 2.31. The number of hydrogen-bond acceptors (Lipinski definition) is 3. The van der Waals surface area contributed by atoms with Crippen LogP contribution in [0, 0.1) is 5.82 Å². The normalized spacial score (nSPS) is 13.2. The van der Waals surface area contributed by atoms with Crippen LogP contribution in [0.1, 0.15) is 15.9 Å². The Morgan fingerprint density at radius 3 is 2.52 bits per heavy atom. The molecule has 0 fully saturated rings. The van der Waals surface area contributed by atoms with Crippen molar-refractivity contribution in [3.05, 3.63) is 88.7 Å². The molecular formula is C21H16ClFN2O3S. The molecule has 0 spiro atoms. The standard InChI is InChI=1S/C21H16ClFN2O3S/c22-18-10-5-15(21(26)25-12-11-14-3-1-2-4-20(14)25)13-19(18)24-29(27,28)17-8-6-16(23)7-9-17/h1-10,13,24H,11-12H2. The first kappa shape index (κ1) is 19.4. The number of carbonyl (C=O) groups excluding carboxylic acids is 1. The quantitative estimate of drug-likeness (QED) is 0.663. The molecule has 0 unspecified atom stereocenters. The summed E-state index contributed by atoms with van der Waals surface area (Å²) in [5.74, 6) is -0.783. The molecule has 0 atom stereocenters. The lowest BCUT2D eigenvalue weighted by Crippen LogP contribution is -2.29. The van der Waals surface area contributed by atoms with Gasteiger partial charge in [0.15, 0.2) is 0 Å². The van der Waals surface area contributed by atoms with Crippen molar-refractivity contribution in [2.45, 2.75) is 11.3 Å². The van der Waals surface area contributed by atoms with Gasteiger partial charge in [0.25, 0.3) is 15.9 Å². The predicted octanol–water partition coefficient (Wildman–Crippen LogP) is 4.48. The van der Waals surface area contributed by atoms with E-state index in [1.807, 2.05) is 24.3 Å². The molecule has 0 bridgehead atoms. The molecule has 1 heterocycles. The Morgan fingerprint density at radius 1 is 1.03 bits per heavy atom. The molecule has 29 heavy (non-hydrogen) atoms. The lowest BCUT2D eigenvalue weighted by molar-refractivity contribution is 0.0989. The van der Waals surface area contributed by atoms with E-state index in [1.165, 1.54) is 12.1 Å².